The lowest BCUT2D eigenvalue weighted by atomic mass is 10.1. The van der Waals surface area contributed by atoms with Crippen molar-refractivity contribution in [1.29, 1.82) is 5.41 Å². The van der Waals surface area contributed by atoms with Gasteiger partial charge in [0.05, 0.1) is 16.6 Å². The fourth-order valence-corrected chi connectivity index (χ4v) is 5.91. The summed E-state index contributed by atoms with van der Waals surface area (Å²) in [6.45, 7) is 0. The van der Waals surface area contributed by atoms with Gasteiger partial charge in [0.1, 0.15) is 11.2 Å². The number of fused-ring (bicyclic) bond motifs is 6. The topological polar surface area (TPSA) is 66.6 Å². The maximum Gasteiger partial charge on any atom is 0.161 e. The van der Waals surface area contributed by atoms with Crippen LogP contribution in [0.4, 0.5) is 0 Å². The lowest BCUT2D eigenvalue weighted by Crippen LogP contribution is -2.04. The van der Waals surface area contributed by atoms with Crippen LogP contribution in [0.2, 0.25) is 0 Å². The molecule has 0 amide bonds. The van der Waals surface area contributed by atoms with E-state index in [2.05, 4.69) is 71.3 Å². The summed E-state index contributed by atoms with van der Waals surface area (Å²) in [6, 6.07) is 48.8. The number of benzene rings is 6. The van der Waals surface area contributed by atoms with Crippen molar-refractivity contribution in [2.45, 2.75) is 0 Å². The van der Waals surface area contributed by atoms with Crippen LogP contribution in [0.15, 0.2) is 160 Å². The fourth-order valence-electron chi connectivity index (χ4n) is 5.91. The second kappa shape index (κ2) is 10.6. The quantitative estimate of drug-likeness (QED) is 0.167. The van der Waals surface area contributed by atoms with Crippen molar-refractivity contribution in [3.05, 3.63) is 162 Å². The number of hydrogen-bond acceptors (Lipinski definition) is 2. The molecule has 0 saturated carbocycles. The van der Waals surface area contributed by atoms with Crippen LogP contribution in [0.3, 0.4) is 0 Å². The van der Waals surface area contributed by atoms with Gasteiger partial charge in [-0.1, -0.05) is 109 Å². The minimum absolute atomic E-state index is 0.0846. The van der Waals surface area contributed by atoms with Crippen LogP contribution in [-0.2, 0) is 0 Å². The molecule has 0 saturated heterocycles. The molecule has 1 N–H and O–H groups in total. The van der Waals surface area contributed by atoms with Gasteiger partial charge in [-0.15, -0.1) is 0 Å². The Morgan fingerprint density at radius 1 is 0.614 bits per heavy atom. The number of nitrogens with zero attached hydrogens (tertiary/aromatic N) is 3. The largest absolute Gasteiger partial charge is 0.455 e. The second-order valence-corrected chi connectivity index (χ2v) is 10.7. The molecule has 0 bridgehead atoms. The highest BCUT2D eigenvalue weighted by Crippen LogP contribution is 2.36. The lowest BCUT2D eigenvalue weighted by molar-refractivity contribution is 0.667. The average Bonchev–Trinajstić information content (AvgIpc) is 3.63. The molecule has 44 heavy (non-hydrogen) atoms. The molecule has 5 heteroatoms. The van der Waals surface area contributed by atoms with Crippen LogP contribution in [0.5, 0.6) is 0 Å². The molecule has 0 aliphatic heterocycles. The first kappa shape index (κ1) is 25.6. The number of aromatic nitrogens is 1. The van der Waals surface area contributed by atoms with Gasteiger partial charge in [-0.3, -0.25) is 5.41 Å². The van der Waals surface area contributed by atoms with E-state index in [9.17, 15) is 0 Å². The van der Waals surface area contributed by atoms with Crippen LogP contribution in [0, 0.1) is 5.41 Å². The van der Waals surface area contributed by atoms with Gasteiger partial charge in [0, 0.05) is 45.1 Å². The van der Waals surface area contributed by atoms with Gasteiger partial charge in [0.25, 0.3) is 0 Å². The molecule has 0 atom stereocenters. The van der Waals surface area contributed by atoms with Gasteiger partial charge in [0.2, 0.25) is 0 Å². The second-order valence-electron chi connectivity index (χ2n) is 10.7. The Kier molecular flexibility index (Phi) is 6.20. The molecular weight excluding hydrogens is 540 g/mol. The van der Waals surface area contributed by atoms with Crippen LogP contribution in [-0.4, -0.2) is 22.5 Å². The third-order valence-electron chi connectivity index (χ3n) is 7.96. The van der Waals surface area contributed by atoms with E-state index in [1.807, 2.05) is 78.9 Å². The molecule has 0 aliphatic carbocycles. The van der Waals surface area contributed by atoms with E-state index in [1.54, 1.807) is 6.21 Å². The Labute approximate surface area is 253 Å². The van der Waals surface area contributed by atoms with E-state index < -0.39 is 0 Å². The molecule has 5 nitrogen and oxygen atoms in total. The first-order chi connectivity index (χ1) is 21.7. The van der Waals surface area contributed by atoms with Gasteiger partial charge in [-0.05, 0) is 35.9 Å². The van der Waals surface area contributed by atoms with Gasteiger partial charge in [-0.2, -0.15) is 0 Å². The molecule has 0 aliphatic rings. The Hall–Kier alpha value is -6.07. The molecule has 208 valence electrons. The number of amidine groups is 2. The summed E-state index contributed by atoms with van der Waals surface area (Å²) in [6.07, 6.45) is 1.77. The Balaban J connectivity index is 1.24. The van der Waals surface area contributed by atoms with Gasteiger partial charge < -0.3 is 8.98 Å². The first-order valence-electron chi connectivity index (χ1n) is 14.5. The summed E-state index contributed by atoms with van der Waals surface area (Å²) in [5, 5.41) is 13.4. The van der Waals surface area contributed by atoms with E-state index >= 15 is 0 Å². The highest BCUT2D eigenvalue weighted by atomic mass is 16.3. The Morgan fingerprint density at radius 3 is 1.98 bits per heavy atom. The molecule has 0 unspecified atom stereocenters. The molecule has 2 aromatic heterocycles. The molecule has 0 fully saturated rings. The Bertz CT molecular complexity index is 2340. The van der Waals surface area contributed by atoms with E-state index in [0.29, 0.717) is 17.0 Å². The third kappa shape index (κ3) is 4.39. The standard InChI is InChI=1S/C39H26N4O/c40-38(42-39(27-14-5-2-6-15-27)41-25-26-12-3-1-4-13-26)33-19-11-18-32-31-23-22-28(24-36(31)44-37(32)33)43-34-20-9-7-16-29(34)30-17-8-10-21-35(30)43/h1-25,40H/b40-38?,41-25+,42-39-. The summed E-state index contributed by atoms with van der Waals surface area (Å²) in [4.78, 5) is 9.41. The molecule has 8 rings (SSSR count). The molecular formula is C39H26N4O. The molecule has 2 heterocycles. The van der Waals surface area contributed by atoms with Crippen molar-refractivity contribution in [2.24, 2.45) is 9.98 Å². The van der Waals surface area contributed by atoms with Gasteiger partial charge in [0.15, 0.2) is 11.7 Å². The minimum atomic E-state index is 0.0846. The zero-order valence-corrected chi connectivity index (χ0v) is 23.7. The molecule has 0 spiro atoms. The smallest absolute Gasteiger partial charge is 0.161 e. The van der Waals surface area contributed by atoms with Crippen molar-refractivity contribution in [1.82, 2.24) is 4.57 Å². The summed E-state index contributed by atoms with van der Waals surface area (Å²) in [5.74, 6) is 0.544. The van der Waals surface area contributed by atoms with E-state index in [4.69, 9.17) is 19.8 Å². The maximum absolute atomic E-state index is 9.06. The first-order valence-corrected chi connectivity index (χ1v) is 14.5. The molecule has 0 radical (unpaired) electrons. The van der Waals surface area contributed by atoms with Gasteiger partial charge >= 0.3 is 0 Å². The highest BCUT2D eigenvalue weighted by Gasteiger charge is 2.17. The predicted octanol–water partition coefficient (Wildman–Crippen LogP) is 9.57. The van der Waals surface area contributed by atoms with Crippen LogP contribution >= 0.6 is 0 Å². The fraction of sp³-hybridized carbons (Fsp3) is 0. The van der Waals surface area contributed by atoms with E-state index in [-0.39, 0.29) is 5.84 Å². The minimum Gasteiger partial charge on any atom is -0.455 e. The van der Waals surface area contributed by atoms with E-state index in [1.165, 1.54) is 10.8 Å². The zero-order valence-electron chi connectivity index (χ0n) is 23.7. The zero-order chi connectivity index (χ0) is 29.5. The number of furan rings is 1. The van der Waals surface area contributed by atoms with Gasteiger partial charge in [-0.25, -0.2) is 9.98 Å². The van der Waals surface area contributed by atoms with Crippen molar-refractivity contribution in [3.63, 3.8) is 0 Å². The number of hydrogen-bond donors (Lipinski definition) is 1. The van der Waals surface area contributed by atoms with Crippen LogP contribution < -0.4 is 0 Å². The monoisotopic (exact) mass is 566 g/mol. The normalized spacial score (nSPS) is 12.2. The van der Waals surface area contributed by atoms with Crippen LogP contribution in [0.1, 0.15) is 16.7 Å². The SMILES string of the molecule is N=C(/N=C(\N=C\c1ccccc1)c1ccccc1)c1cccc2c1oc1cc(-n3c4ccccc4c4ccccc43)ccc12. The van der Waals surface area contributed by atoms with Crippen molar-refractivity contribution in [2.75, 3.05) is 0 Å². The highest BCUT2D eigenvalue weighted by molar-refractivity contribution is 6.19. The predicted molar refractivity (Wildman–Crippen MR) is 182 cm³/mol. The molecule has 6 aromatic carbocycles. The maximum atomic E-state index is 9.06. The average molecular weight is 567 g/mol. The van der Waals surface area contributed by atoms with Crippen molar-refractivity contribution in [3.8, 4) is 5.69 Å². The van der Waals surface area contributed by atoms with Crippen molar-refractivity contribution >= 4 is 61.6 Å². The summed E-state index contributed by atoms with van der Waals surface area (Å²) in [7, 11) is 0. The number of aliphatic imine (C=N–C) groups is 2. The summed E-state index contributed by atoms with van der Waals surface area (Å²) >= 11 is 0. The summed E-state index contributed by atoms with van der Waals surface area (Å²) < 4.78 is 8.80. The number of rotatable bonds is 4. The lowest BCUT2D eigenvalue weighted by Gasteiger charge is -2.07. The number of para-hydroxylation sites is 3. The van der Waals surface area contributed by atoms with Crippen molar-refractivity contribution < 1.29 is 4.42 Å². The van der Waals surface area contributed by atoms with Crippen LogP contribution in [0.25, 0.3) is 49.4 Å². The van der Waals surface area contributed by atoms with E-state index in [0.717, 1.165) is 44.2 Å². The summed E-state index contributed by atoms with van der Waals surface area (Å²) in [5.41, 5.74) is 7.10. The number of nitrogens with one attached hydrogen (secondary N) is 1. The molecule has 8 aromatic rings. The Morgan fingerprint density at radius 2 is 1.25 bits per heavy atom. The third-order valence-corrected chi connectivity index (χ3v) is 7.96.